The molecule has 0 aromatic carbocycles. The smallest absolute Gasteiger partial charge is 0.315 e. The van der Waals surface area contributed by atoms with Crippen molar-refractivity contribution >= 4 is 17.7 Å². The highest BCUT2D eigenvalue weighted by atomic mass is 32.2. The van der Waals surface area contributed by atoms with Crippen molar-refractivity contribution in [3.63, 3.8) is 0 Å². The van der Waals surface area contributed by atoms with E-state index >= 15 is 0 Å². The largest absolute Gasteiger partial charge is 0.468 e. The third-order valence-corrected chi connectivity index (χ3v) is 3.19. The Morgan fingerprint density at radius 3 is 2.80 bits per heavy atom. The molecular weight excluding hydrogens is 210 g/mol. The number of hydrogen-bond donors (Lipinski definition) is 1. The summed E-state index contributed by atoms with van der Waals surface area (Å²) >= 11 is 1.66. The summed E-state index contributed by atoms with van der Waals surface area (Å²) in [5, 5.41) is 3.38. The van der Waals surface area contributed by atoms with Crippen LogP contribution in [0.3, 0.4) is 0 Å². The van der Waals surface area contributed by atoms with Crippen LogP contribution in [-0.4, -0.2) is 37.2 Å². The van der Waals surface area contributed by atoms with Gasteiger partial charge in [0.05, 0.1) is 12.9 Å². The molecule has 0 saturated carbocycles. The summed E-state index contributed by atoms with van der Waals surface area (Å²) in [6.07, 6.45) is 3.62. The second-order valence-electron chi connectivity index (χ2n) is 3.58. The van der Waals surface area contributed by atoms with Crippen LogP contribution < -0.4 is 5.32 Å². The van der Waals surface area contributed by atoms with Gasteiger partial charge in [-0.3, -0.25) is 4.79 Å². The molecule has 0 bridgehead atoms. The lowest BCUT2D eigenvalue weighted by Crippen LogP contribution is -2.25. The molecule has 0 rings (SSSR count). The first kappa shape index (κ1) is 14.8. The zero-order valence-corrected chi connectivity index (χ0v) is 10.9. The summed E-state index contributed by atoms with van der Waals surface area (Å²) in [6.45, 7) is 5.38. The van der Waals surface area contributed by atoms with Gasteiger partial charge in [0.25, 0.3) is 0 Å². The zero-order valence-electron chi connectivity index (χ0n) is 10.0. The predicted molar refractivity (Wildman–Crippen MR) is 66.3 cm³/mol. The fourth-order valence-corrected chi connectivity index (χ4v) is 2.16. The van der Waals surface area contributed by atoms with Crippen molar-refractivity contribution in [2.75, 3.05) is 25.2 Å². The van der Waals surface area contributed by atoms with Gasteiger partial charge in [-0.2, -0.15) is 11.8 Å². The lowest BCUT2D eigenvalue weighted by atomic mass is 10.1. The van der Waals surface area contributed by atoms with Crippen LogP contribution in [0.4, 0.5) is 0 Å². The maximum absolute atomic E-state index is 10.8. The number of carbonyl (C=O) groups is 1. The first-order chi connectivity index (χ1) is 7.20. The Kier molecular flexibility index (Phi) is 10.2. The highest BCUT2D eigenvalue weighted by Crippen LogP contribution is 2.08. The molecule has 0 saturated heterocycles. The Morgan fingerprint density at radius 1 is 1.47 bits per heavy atom. The Hall–Kier alpha value is -0.220. The van der Waals surface area contributed by atoms with Crippen LogP contribution >= 0.6 is 11.8 Å². The standard InChI is InChI=1S/C11H23NO2S/c1-4-12-10(2)7-5-6-8-15-9-11(13)14-3/h10,12H,4-9H2,1-3H3. The minimum Gasteiger partial charge on any atom is -0.468 e. The van der Waals surface area contributed by atoms with E-state index in [0.29, 0.717) is 11.8 Å². The van der Waals surface area contributed by atoms with Crippen molar-refractivity contribution < 1.29 is 9.53 Å². The van der Waals surface area contributed by atoms with Gasteiger partial charge in [-0.1, -0.05) is 13.3 Å². The van der Waals surface area contributed by atoms with E-state index in [4.69, 9.17) is 0 Å². The molecule has 4 heteroatoms. The molecule has 3 nitrogen and oxygen atoms in total. The number of hydrogen-bond acceptors (Lipinski definition) is 4. The van der Waals surface area contributed by atoms with Crippen LogP contribution in [0.1, 0.15) is 33.1 Å². The van der Waals surface area contributed by atoms with E-state index in [-0.39, 0.29) is 5.97 Å². The third-order valence-electron chi connectivity index (χ3n) is 2.18. The minimum atomic E-state index is -0.124. The lowest BCUT2D eigenvalue weighted by Gasteiger charge is -2.11. The average molecular weight is 233 g/mol. The zero-order chi connectivity index (χ0) is 11.5. The molecular formula is C11H23NO2S. The Labute approximate surface area is 97.3 Å². The fourth-order valence-electron chi connectivity index (χ4n) is 1.32. The van der Waals surface area contributed by atoms with Gasteiger partial charge < -0.3 is 10.1 Å². The molecule has 0 aliphatic rings. The first-order valence-corrected chi connectivity index (χ1v) is 6.74. The number of ether oxygens (including phenoxy) is 1. The molecule has 1 atom stereocenters. The molecule has 0 aromatic rings. The molecule has 15 heavy (non-hydrogen) atoms. The highest BCUT2D eigenvalue weighted by molar-refractivity contribution is 7.99. The van der Waals surface area contributed by atoms with E-state index < -0.39 is 0 Å². The van der Waals surface area contributed by atoms with Crippen LogP contribution in [-0.2, 0) is 9.53 Å². The van der Waals surface area contributed by atoms with Crippen LogP contribution in [0.25, 0.3) is 0 Å². The van der Waals surface area contributed by atoms with Crippen molar-refractivity contribution in [3.05, 3.63) is 0 Å². The third kappa shape index (κ3) is 10.1. The van der Waals surface area contributed by atoms with E-state index in [0.717, 1.165) is 12.3 Å². The van der Waals surface area contributed by atoms with Crippen molar-refractivity contribution in [1.29, 1.82) is 0 Å². The molecule has 90 valence electrons. The molecule has 0 spiro atoms. The maximum Gasteiger partial charge on any atom is 0.315 e. The van der Waals surface area contributed by atoms with Gasteiger partial charge in [0, 0.05) is 6.04 Å². The number of nitrogens with one attached hydrogen (secondary N) is 1. The molecule has 0 aromatic heterocycles. The van der Waals surface area contributed by atoms with Gasteiger partial charge in [-0.25, -0.2) is 0 Å². The number of rotatable bonds is 9. The number of thioether (sulfide) groups is 1. The molecule has 0 heterocycles. The maximum atomic E-state index is 10.8. The summed E-state index contributed by atoms with van der Waals surface area (Å²) in [5.41, 5.74) is 0. The fraction of sp³-hybridized carbons (Fsp3) is 0.909. The number of unbranched alkanes of at least 4 members (excludes halogenated alkanes) is 1. The Balaban J connectivity index is 3.14. The van der Waals surface area contributed by atoms with Gasteiger partial charge in [-0.15, -0.1) is 0 Å². The summed E-state index contributed by atoms with van der Waals surface area (Å²) in [6, 6.07) is 0.612. The minimum absolute atomic E-state index is 0.124. The van der Waals surface area contributed by atoms with Crippen LogP contribution in [0.2, 0.25) is 0 Å². The van der Waals surface area contributed by atoms with Gasteiger partial charge >= 0.3 is 5.97 Å². The van der Waals surface area contributed by atoms with E-state index in [1.54, 1.807) is 11.8 Å². The summed E-state index contributed by atoms with van der Waals surface area (Å²) < 4.78 is 4.56. The summed E-state index contributed by atoms with van der Waals surface area (Å²) in [7, 11) is 1.43. The van der Waals surface area contributed by atoms with Gasteiger partial charge in [0.2, 0.25) is 0 Å². The number of methoxy groups -OCH3 is 1. The topological polar surface area (TPSA) is 38.3 Å². The molecule has 1 unspecified atom stereocenters. The van der Waals surface area contributed by atoms with Crippen LogP contribution in [0.5, 0.6) is 0 Å². The van der Waals surface area contributed by atoms with E-state index in [1.807, 2.05) is 0 Å². The van der Waals surface area contributed by atoms with Crippen molar-refractivity contribution in [2.45, 2.75) is 39.2 Å². The second kappa shape index (κ2) is 10.3. The Morgan fingerprint density at radius 2 is 2.20 bits per heavy atom. The van der Waals surface area contributed by atoms with Crippen molar-refractivity contribution in [2.24, 2.45) is 0 Å². The summed E-state index contributed by atoms with van der Waals surface area (Å²) in [5.74, 6) is 1.41. The van der Waals surface area contributed by atoms with Crippen LogP contribution in [0, 0.1) is 0 Å². The molecule has 0 aliphatic heterocycles. The van der Waals surface area contributed by atoms with Gasteiger partial charge in [-0.05, 0) is 32.1 Å². The highest BCUT2D eigenvalue weighted by Gasteiger charge is 2.01. The number of carbonyl (C=O) groups excluding carboxylic acids is 1. The monoisotopic (exact) mass is 233 g/mol. The first-order valence-electron chi connectivity index (χ1n) is 5.58. The normalized spacial score (nSPS) is 12.5. The van der Waals surface area contributed by atoms with Crippen molar-refractivity contribution in [1.82, 2.24) is 5.32 Å². The average Bonchev–Trinajstić information content (AvgIpc) is 2.23. The van der Waals surface area contributed by atoms with E-state index in [2.05, 4.69) is 23.9 Å². The van der Waals surface area contributed by atoms with Gasteiger partial charge in [0.1, 0.15) is 0 Å². The molecule has 0 amide bonds. The SMILES string of the molecule is CCNC(C)CCCCSCC(=O)OC. The van der Waals surface area contributed by atoms with E-state index in [9.17, 15) is 4.79 Å². The molecule has 0 fully saturated rings. The van der Waals surface area contributed by atoms with E-state index in [1.165, 1.54) is 26.4 Å². The number of esters is 1. The lowest BCUT2D eigenvalue weighted by molar-refractivity contribution is -0.137. The molecule has 1 N–H and O–H groups in total. The van der Waals surface area contributed by atoms with Crippen LogP contribution in [0.15, 0.2) is 0 Å². The summed E-state index contributed by atoms with van der Waals surface area (Å²) in [4.78, 5) is 10.8. The molecule has 0 aliphatic carbocycles. The molecule has 0 radical (unpaired) electrons. The second-order valence-corrected chi connectivity index (χ2v) is 4.69. The van der Waals surface area contributed by atoms with Gasteiger partial charge in [0.15, 0.2) is 0 Å². The quantitative estimate of drug-likeness (QED) is 0.489. The Bertz CT molecular complexity index is 165. The van der Waals surface area contributed by atoms with Crippen molar-refractivity contribution in [3.8, 4) is 0 Å². The predicted octanol–water partition coefficient (Wildman–Crippen LogP) is 2.06.